The lowest BCUT2D eigenvalue weighted by atomic mass is 10.0. The molecule has 3 heterocycles. The molecule has 18 heavy (non-hydrogen) atoms. The molecule has 0 aliphatic carbocycles. The van der Waals surface area contributed by atoms with Crippen LogP contribution in [0.2, 0.25) is 0 Å². The Morgan fingerprint density at radius 2 is 2.28 bits per heavy atom. The van der Waals surface area contributed by atoms with Crippen molar-refractivity contribution in [3.8, 4) is 0 Å². The molecule has 2 atom stereocenters. The van der Waals surface area contributed by atoms with Gasteiger partial charge in [-0.3, -0.25) is 9.20 Å². The minimum Gasteiger partial charge on any atom is -0.468 e. The predicted molar refractivity (Wildman–Crippen MR) is 70.0 cm³/mol. The molecule has 2 aromatic heterocycles. The van der Waals surface area contributed by atoms with Gasteiger partial charge in [-0.05, 0) is 19.1 Å². The first kappa shape index (κ1) is 11.6. The zero-order valence-corrected chi connectivity index (χ0v) is 11.3. The number of imidazole rings is 1. The summed E-state index contributed by atoms with van der Waals surface area (Å²) in [6, 6.07) is 5.98. The number of pyridine rings is 1. The first-order chi connectivity index (χ1) is 8.63. The Balaban J connectivity index is 2.22. The minimum atomic E-state index is -0.191. The van der Waals surface area contributed by atoms with E-state index in [4.69, 9.17) is 4.74 Å². The lowest BCUT2D eigenvalue weighted by Crippen LogP contribution is -2.29. The Kier molecular flexibility index (Phi) is 2.59. The fraction of sp³-hybridized carbons (Fsp3) is 0.385. The van der Waals surface area contributed by atoms with E-state index in [1.807, 2.05) is 25.1 Å². The molecule has 0 aromatic carbocycles. The Hall–Kier alpha value is -1.49. The minimum absolute atomic E-state index is 0.104. The van der Waals surface area contributed by atoms with E-state index in [0.717, 1.165) is 22.1 Å². The SMILES string of the molecule is COC(=O)C1Sc2cccc3nc(C)c(n23)C1C. The third kappa shape index (κ3) is 1.47. The maximum Gasteiger partial charge on any atom is 0.319 e. The fourth-order valence-corrected chi connectivity index (χ4v) is 3.81. The van der Waals surface area contributed by atoms with Crippen LogP contribution in [0.25, 0.3) is 5.65 Å². The van der Waals surface area contributed by atoms with Crippen molar-refractivity contribution in [3.63, 3.8) is 0 Å². The summed E-state index contributed by atoms with van der Waals surface area (Å²) in [5.41, 5.74) is 3.06. The molecule has 0 spiro atoms. The highest BCUT2D eigenvalue weighted by Gasteiger charge is 2.36. The molecule has 0 N–H and O–H groups in total. The quantitative estimate of drug-likeness (QED) is 0.740. The summed E-state index contributed by atoms with van der Waals surface area (Å²) in [7, 11) is 1.44. The summed E-state index contributed by atoms with van der Waals surface area (Å²) in [6.07, 6.45) is 0. The second kappa shape index (κ2) is 4.02. The van der Waals surface area contributed by atoms with Gasteiger partial charge in [-0.25, -0.2) is 4.98 Å². The standard InChI is InChI=1S/C13H14N2O2S/c1-7-11-8(2)14-9-5-4-6-10(15(9)11)18-12(7)13(16)17-3/h4-7,12H,1-3H3. The molecule has 2 unspecified atom stereocenters. The number of esters is 1. The molecule has 0 saturated carbocycles. The molecule has 2 aromatic rings. The molecule has 0 fully saturated rings. The van der Waals surface area contributed by atoms with Gasteiger partial charge in [0.2, 0.25) is 0 Å². The Morgan fingerprint density at radius 3 is 3.00 bits per heavy atom. The topological polar surface area (TPSA) is 43.6 Å². The number of nitrogens with zero attached hydrogens (tertiary/aromatic N) is 2. The molecule has 94 valence electrons. The number of ether oxygens (including phenoxy) is 1. The van der Waals surface area contributed by atoms with Gasteiger partial charge in [0.05, 0.1) is 23.5 Å². The number of aryl methyl sites for hydroxylation is 1. The third-order valence-corrected chi connectivity index (χ3v) is 4.81. The Morgan fingerprint density at radius 1 is 1.50 bits per heavy atom. The molecule has 4 nitrogen and oxygen atoms in total. The highest BCUT2D eigenvalue weighted by Crippen LogP contribution is 2.41. The van der Waals surface area contributed by atoms with E-state index in [2.05, 4.69) is 16.3 Å². The van der Waals surface area contributed by atoms with Crippen LogP contribution >= 0.6 is 11.8 Å². The molecule has 5 heteroatoms. The summed E-state index contributed by atoms with van der Waals surface area (Å²) in [6.45, 7) is 4.05. The van der Waals surface area contributed by atoms with Gasteiger partial charge in [0.15, 0.2) is 0 Å². The Labute approximate surface area is 109 Å². The van der Waals surface area contributed by atoms with Crippen molar-refractivity contribution in [1.82, 2.24) is 9.38 Å². The van der Waals surface area contributed by atoms with E-state index in [1.165, 1.54) is 7.11 Å². The van der Waals surface area contributed by atoms with Gasteiger partial charge in [0.25, 0.3) is 0 Å². The van der Waals surface area contributed by atoms with Crippen LogP contribution in [0.1, 0.15) is 24.2 Å². The number of methoxy groups -OCH3 is 1. The first-order valence-electron chi connectivity index (χ1n) is 5.86. The summed E-state index contributed by atoms with van der Waals surface area (Å²) in [5.74, 6) is -0.0660. The number of thioether (sulfide) groups is 1. The van der Waals surface area contributed by atoms with Crippen LogP contribution in [0.15, 0.2) is 23.2 Å². The van der Waals surface area contributed by atoms with Gasteiger partial charge in [0, 0.05) is 5.92 Å². The maximum atomic E-state index is 11.9. The van der Waals surface area contributed by atoms with Crippen LogP contribution in [0, 0.1) is 6.92 Å². The van der Waals surface area contributed by atoms with Crippen LogP contribution in [-0.4, -0.2) is 27.7 Å². The van der Waals surface area contributed by atoms with Crippen molar-refractivity contribution in [2.75, 3.05) is 7.11 Å². The van der Waals surface area contributed by atoms with Gasteiger partial charge in [0.1, 0.15) is 10.9 Å². The lowest BCUT2D eigenvalue weighted by Gasteiger charge is -2.27. The monoisotopic (exact) mass is 262 g/mol. The molecule has 0 saturated heterocycles. The van der Waals surface area contributed by atoms with E-state index in [9.17, 15) is 4.79 Å². The molecular weight excluding hydrogens is 248 g/mol. The van der Waals surface area contributed by atoms with Crippen molar-refractivity contribution in [1.29, 1.82) is 0 Å². The van der Waals surface area contributed by atoms with Gasteiger partial charge in [-0.2, -0.15) is 0 Å². The fourth-order valence-electron chi connectivity index (χ4n) is 2.57. The summed E-state index contributed by atoms with van der Waals surface area (Å²) < 4.78 is 7.04. The highest BCUT2D eigenvalue weighted by molar-refractivity contribution is 8.00. The largest absolute Gasteiger partial charge is 0.468 e. The molecule has 1 aliphatic rings. The second-order valence-electron chi connectivity index (χ2n) is 4.49. The zero-order chi connectivity index (χ0) is 12.9. The molecule has 0 amide bonds. The van der Waals surface area contributed by atoms with Crippen molar-refractivity contribution < 1.29 is 9.53 Å². The van der Waals surface area contributed by atoms with Crippen molar-refractivity contribution in [3.05, 3.63) is 29.6 Å². The number of carbonyl (C=O) groups is 1. The van der Waals surface area contributed by atoms with Gasteiger partial charge in [-0.15, -0.1) is 0 Å². The molecular formula is C13H14N2O2S. The van der Waals surface area contributed by atoms with Crippen LogP contribution in [0.5, 0.6) is 0 Å². The van der Waals surface area contributed by atoms with Gasteiger partial charge < -0.3 is 4.74 Å². The van der Waals surface area contributed by atoms with Crippen LogP contribution in [0.4, 0.5) is 0 Å². The number of hydrogen-bond acceptors (Lipinski definition) is 4. The van der Waals surface area contributed by atoms with E-state index in [1.54, 1.807) is 11.8 Å². The van der Waals surface area contributed by atoms with Crippen molar-refractivity contribution >= 4 is 23.4 Å². The van der Waals surface area contributed by atoms with Gasteiger partial charge >= 0.3 is 5.97 Å². The average molecular weight is 262 g/mol. The Bertz CT molecular complexity index is 635. The van der Waals surface area contributed by atoms with E-state index in [-0.39, 0.29) is 17.1 Å². The van der Waals surface area contributed by atoms with Crippen LogP contribution in [0.3, 0.4) is 0 Å². The number of hydrogen-bond donors (Lipinski definition) is 0. The number of rotatable bonds is 1. The number of carbonyl (C=O) groups excluding carboxylic acids is 1. The molecule has 3 rings (SSSR count). The zero-order valence-electron chi connectivity index (χ0n) is 10.5. The number of aromatic nitrogens is 2. The van der Waals surface area contributed by atoms with E-state index in [0.29, 0.717) is 0 Å². The normalized spacial score (nSPS) is 22.2. The highest BCUT2D eigenvalue weighted by atomic mass is 32.2. The summed E-state index contributed by atoms with van der Waals surface area (Å²) >= 11 is 1.55. The first-order valence-corrected chi connectivity index (χ1v) is 6.74. The third-order valence-electron chi connectivity index (χ3n) is 3.39. The summed E-state index contributed by atoms with van der Waals surface area (Å²) in [5, 5.41) is 0.861. The molecule has 0 bridgehead atoms. The molecule has 0 radical (unpaired) electrons. The van der Waals surface area contributed by atoms with Crippen molar-refractivity contribution in [2.24, 2.45) is 0 Å². The smallest absolute Gasteiger partial charge is 0.319 e. The average Bonchev–Trinajstić information content (AvgIpc) is 2.71. The van der Waals surface area contributed by atoms with E-state index < -0.39 is 0 Å². The van der Waals surface area contributed by atoms with Crippen LogP contribution in [-0.2, 0) is 9.53 Å². The van der Waals surface area contributed by atoms with Crippen molar-refractivity contribution in [2.45, 2.75) is 30.0 Å². The van der Waals surface area contributed by atoms with E-state index >= 15 is 0 Å². The van der Waals surface area contributed by atoms with Gasteiger partial charge in [-0.1, -0.05) is 24.8 Å². The van der Waals surface area contributed by atoms with Crippen LogP contribution < -0.4 is 0 Å². The second-order valence-corrected chi connectivity index (χ2v) is 5.65. The predicted octanol–water partition coefficient (Wildman–Crippen LogP) is 2.39. The summed E-state index contributed by atoms with van der Waals surface area (Å²) in [4.78, 5) is 16.4. The molecule has 1 aliphatic heterocycles. The maximum absolute atomic E-state index is 11.9. The lowest BCUT2D eigenvalue weighted by molar-refractivity contribution is -0.140.